The van der Waals surface area contributed by atoms with Crippen molar-refractivity contribution in [3.8, 4) is 6.07 Å². The van der Waals surface area contributed by atoms with Crippen LogP contribution in [0.2, 0.25) is 0 Å². The molecule has 0 heterocycles. The molecule has 0 aromatic heterocycles. The first kappa shape index (κ1) is 15.1. The number of amides is 1. The van der Waals surface area contributed by atoms with Crippen LogP contribution in [0.25, 0.3) is 0 Å². The average molecular weight is 335 g/mol. The number of nitriles is 1. The van der Waals surface area contributed by atoms with E-state index in [1.807, 2.05) is 31.2 Å². The van der Waals surface area contributed by atoms with Crippen LogP contribution < -0.4 is 5.32 Å². The van der Waals surface area contributed by atoms with Gasteiger partial charge in [-0.25, -0.2) is 0 Å². The van der Waals surface area contributed by atoms with Crippen molar-refractivity contribution in [2.75, 3.05) is 0 Å². The predicted octanol–water partition coefficient (Wildman–Crippen LogP) is 4.10. The summed E-state index contributed by atoms with van der Waals surface area (Å²) in [5.41, 5.74) is 0.229. The van der Waals surface area contributed by atoms with Gasteiger partial charge in [-0.3, -0.25) is 4.79 Å². The number of benzene rings is 1. The number of hydrogen-bond donors (Lipinski definition) is 1. The van der Waals surface area contributed by atoms with Gasteiger partial charge in [0, 0.05) is 4.47 Å². The van der Waals surface area contributed by atoms with Gasteiger partial charge in [0.1, 0.15) is 5.41 Å². The summed E-state index contributed by atoms with van der Waals surface area (Å²) in [6.45, 7) is 1.95. The Morgan fingerprint density at radius 3 is 2.45 bits per heavy atom. The minimum atomic E-state index is -0.818. The van der Waals surface area contributed by atoms with E-state index < -0.39 is 5.41 Å². The lowest BCUT2D eigenvalue weighted by Gasteiger charge is -2.30. The number of carbonyl (C=O) groups is 1. The fourth-order valence-corrected chi connectivity index (χ4v) is 2.98. The third-order valence-corrected chi connectivity index (χ3v) is 4.60. The van der Waals surface area contributed by atoms with Crippen LogP contribution in [0.3, 0.4) is 0 Å². The molecule has 1 aliphatic rings. The van der Waals surface area contributed by atoms with Crippen molar-refractivity contribution in [3.63, 3.8) is 0 Å². The van der Waals surface area contributed by atoms with Gasteiger partial charge in [-0.2, -0.15) is 5.26 Å². The third-order valence-electron chi connectivity index (χ3n) is 4.07. The van der Waals surface area contributed by atoms with Gasteiger partial charge in [-0.05, 0) is 37.5 Å². The summed E-state index contributed by atoms with van der Waals surface area (Å²) in [5.74, 6) is -0.116. The molecule has 1 aromatic rings. The van der Waals surface area contributed by atoms with Crippen LogP contribution in [0.15, 0.2) is 28.7 Å². The summed E-state index contributed by atoms with van der Waals surface area (Å²) < 4.78 is 1.01. The maximum absolute atomic E-state index is 12.5. The summed E-state index contributed by atoms with van der Waals surface area (Å²) in [6.07, 6.45) is 4.42. The molecule has 2 rings (SSSR count). The van der Waals surface area contributed by atoms with E-state index in [-0.39, 0.29) is 11.9 Å². The predicted molar refractivity (Wildman–Crippen MR) is 81.8 cm³/mol. The number of carbonyl (C=O) groups excluding carboxylic acids is 1. The first-order valence-electron chi connectivity index (χ1n) is 7.05. The Bertz CT molecular complexity index is 512. The highest BCUT2D eigenvalue weighted by Gasteiger charge is 2.40. The Kier molecular flexibility index (Phi) is 4.82. The molecule has 4 heteroatoms. The van der Waals surface area contributed by atoms with Gasteiger partial charge in [0.05, 0.1) is 12.1 Å². The van der Waals surface area contributed by atoms with Crippen molar-refractivity contribution in [2.45, 2.75) is 45.1 Å². The second-order valence-corrected chi connectivity index (χ2v) is 6.42. The second-order valence-electron chi connectivity index (χ2n) is 5.50. The van der Waals surface area contributed by atoms with Crippen LogP contribution in [0.4, 0.5) is 0 Å². The molecule has 1 amide bonds. The largest absolute Gasteiger partial charge is 0.348 e. The molecule has 1 fully saturated rings. The lowest BCUT2D eigenvalue weighted by atomic mass is 9.74. The maximum atomic E-state index is 12.5. The molecule has 1 atom stereocenters. The molecule has 3 nitrogen and oxygen atoms in total. The highest BCUT2D eigenvalue weighted by molar-refractivity contribution is 9.10. The molecule has 1 aromatic carbocycles. The van der Waals surface area contributed by atoms with Crippen LogP contribution in [0, 0.1) is 16.7 Å². The van der Waals surface area contributed by atoms with Gasteiger partial charge in [-0.15, -0.1) is 0 Å². The van der Waals surface area contributed by atoms with E-state index in [1.165, 1.54) is 0 Å². The molecule has 1 saturated carbocycles. The molecule has 0 spiro atoms. The van der Waals surface area contributed by atoms with Gasteiger partial charge in [0.2, 0.25) is 5.91 Å². The Labute approximate surface area is 128 Å². The van der Waals surface area contributed by atoms with Crippen LogP contribution in [-0.4, -0.2) is 5.91 Å². The van der Waals surface area contributed by atoms with Crippen molar-refractivity contribution in [1.82, 2.24) is 5.32 Å². The van der Waals surface area contributed by atoms with Crippen LogP contribution in [0.1, 0.15) is 50.6 Å². The summed E-state index contributed by atoms with van der Waals surface area (Å²) >= 11 is 3.40. The highest BCUT2D eigenvalue weighted by atomic mass is 79.9. The number of nitrogens with zero attached hydrogens (tertiary/aromatic N) is 1. The van der Waals surface area contributed by atoms with E-state index in [9.17, 15) is 10.1 Å². The van der Waals surface area contributed by atoms with E-state index in [0.29, 0.717) is 12.8 Å². The summed E-state index contributed by atoms with van der Waals surface area (Å²) in [5, 5.41) is 12.4. The molecule has 1 aliphatic carbocycles. The lowest BCUT2D eigenvalue weighted by Crippen LogP contribution is -2.42. The topological polar surface area (TPSA) is 52.9 Å². The fourth-order valence-electron chi connectivity index (χ4n) is 2.71. The number of halogens is 1. The Morgan fingerprint density at radius 2 is 1.90 bits per heavy atom. The minimum Gasteiger partial charge on any atom is -0.348 e. The zero-order valence-corrected chi connectivity index (χ0v) is 13.2. The number of hydrogen-bond acceptors (Lipinski definition) is 2. The molecule has 1 N–H and O–H groups in total. The normalized spacial score (nSPS) is 18.9. The zero-order valence-electron chi connectivity index (χ0n) is 11.7. The van der Waals surface area contributed by atoms with E-state index in [4.69, 9.17) is 0 Å². The van der Waals surface area contributed by atoms with Crippen LogP contribution in [0.5, 0.6) is 0 Å². The molecule has 0 saturated heterocycles. The lowest BCUT2D eigenvalue weighted by molar-refractivity contribution is -0.130. The van der Waals surface area contributed by atoms with Crippen molar-refractivity contribution in [3.05, 3.63) is 34.3 Å². The Balaban J connectivity index is 2.06. The Morgan fingerprint density at radius 1 is 1.30 bits per heavy atom. The van der Waals surface area contributed by atoms with Gasteiger partial charge in [0.25, 0.3) is 0 Å². The zero-order chi connectivity index (χ0) is 14.6. The average Bonchev–Trinajstić information content (AvgIpc) is 2.48. The minimum absolute atomic E-state index is 0.0808. The van der Waals surface area contributed by atoms with Gasteiger partial charge in [0.15, 0.2) is 0 Å². The van der Waals surface area contributed by atoms with E-state index in [1.54, 1.807) is 0 Å². The molecule has 106 valence electrons. The third kappa shape index (κ3) is 3.21. The molecule has 0 radical (unpaired) electrons. The van der Waals surface area contributed by atoms with Crippen molar-refractivity contribution >= 4 is 21.8 Å². The summed E-state index contributed by atoms with van der Waals surface area (Å²) in [7, 11) is 0. The smallest absolute Gasteiger partial charge is 0.240 e. The van der Waals surface area contributed by atoms with Crippen molar-refractivity contribution in [2.24, 2.45) is 5.41 Å². The van der Waals surface area contributed by atoms with E-state index in [2.05, 4.69) is 27.3 Å². The Hall–Kier alpha value is -1.34. The number of rotatable bonds is 3. The second kappa shape index (κ2) is 6.41. The van der Waals surface area contributed by atoms with Crippen molar-refractivity contribution in [1.29, 1.82) is 5.26 Å². The molecule has 20 heavy (non-hydrogen) atoms. The molecule has 0 bridgehead atoms. The first-order valence-corrected chi connectivity index (χ1v) is 7.84. The monoisotopic (exact) mass is 334 g/mol. The highest BCUT2D eigenvalue weighted by Crippen LogP contribution is 2.36. The van der Waals surface area contributed by atoms with Crippen molar-refractivity contribution < 1.29 is 4.79 Å². The molecular weight excluding hydrogens is 316 g/mol. The van der Waals surface area contributed by atoms with E-state index in [0.717, 1.165) is 29.3 Å². The molecule has 0 aliphatic heterocycles. The molecular formula is C16H19BrN2O. The van der Waals surface area contributed by atoms with E-state index >= 15 is 0 Å². The maximum Gasteiger partial charge on any atom is 0.240 e. The fraction of sp³-hybridized carbons (Fsp3) is 0.500. The SMILES string of the molecule is C[C@H](NC(=O)C1(C#N)CCCCC1)c1ccc(Br)cc1. The standard InChI is InChI=1S/C16H19BrN2O/c1-12(13-5-7-14(17)8-6-13)19-15(20)16(11-18)9-3-2-4-10-16/h5-8,12H,2-4,9-10H2,1H3,(H,19,20)/t12-/m0/s1. The number of nitrogens with one attached hydrogen (secondary N) is 1. The van der Waals surface area contributed by atoms with Crippen LogP contribution >= 0.6 is 15.9 Å². The summed E-state index contributed by atoms with van der Waals surface area (Å²) in [6, 6.07) is 10.1. The van der Waals surface area contributed by atoms with Gasteiger partial charge in [-0.1, -0.05) is 47.3 Å². The summed E-state index contributed by atoms with van der Waals surface area (Å²) in [4.78, 5) is 12.5. The molecule has 0 unspecified atom stereocenters. The van der Waals surface area contributed by atoms with Gasteiger partial charge < -0.3 is 5.32 Å². The quantitative estimate of drug-likeness (QED) is 0.904. The van der Waals surface area contributed by atoms with Crippen LogP contribution in [-0.2, 0) is 4.79 Å². The van der Waals surface area contributed by atoms with Gasteiger partial charge >= 0.3 is 0 Å². The first-order chi connectivity index (χ1) is 9.57.